The molecule has 9 heteroatoms. The Morgan fingerprint density at radius 2 is 2.25 bits per heavy atom. The molecule has 2 amide bonds. The molecular weight excluding hydrogens is 426 g/mol. The molecule has 1 aliphatic heterocycles. The van der Waals surface area contributed by atoms with Crippen molar-refractivity contribution in [3.63, 3.8) is 0 Å². The number of pyridine rings is 1. The van der Waals surface area contributed by atoms with E-state index in [0.717, 1.165) is 11.1 Å². The first-order chi connectivity index (χ1) is 15.5. The Morgan fingerprint density at radius 1 is 1.38 bits per heavy atom. The van der Waals surface area contributed by atoms with Gasteiger partial charge < -0.3 is 9.64 Å². The van der Waals surface area contributed by atoms with Gasteiger partial charge in [-0.1, -0.05) is 12.1 Å². The smallest absolute Gasteiger partial charge is 0.273 e. The average molecular weight is 448 g/mol. The normalized spacial score (nSPS) is 12.6. The van der Waals surface area contributed by atoms with Crippen LogP contribution in [0.4, 0.5) is 5.69 Å². The van der Waals surface area contributed by atoms with Gasteiger partial charge in [0.1, 0.15) is 16.5 Å². The van der Waals surface area contributed by atoms with Gasteiger partial charge in [-0.25, -0.2) is 4.98 Å². The second-order valence-corrected chi connectivity index (χ2v) is 8.30. The molecule has 0 atom stereocenters. The van der Waals surface area contributed by atoms with Crippen molar-refractivity contribution in [1.82, 2.24) is 14.9 Å². The van der Waals surface area contributed by atoms with Crippen molar-refractivity contribution in [1.29, 1.82) is 5.26 Å². The highest BCUT2D eigenvalue weighted by Gasteiger charge is 2.27. The number of carbonyl (C=O) groups is 2. The lowest BCUT2D eigenvalue weighted by Gasteiger charge is -2.28. The third kappa shape index (κ3) is 4.76. The molecule has 0 saturated heterocycles. The summed E-state index contributed by atoms with van der Waals surface area (Å²) in [6, 6.07) is 11.5. The lowest BCUT2D eigenvalue weighted by atomic mass is 10.1. The number of thiazole rings is 1. The van der Waals surface area contributed by atoms with Crippen molar-refractivity contribution in [3.05, 3.63) is 69.9 Å². The monoisotopic (exact) mass is 447 g/mol. The van der Waals surface area contributed by atoms with Gasteiger partial charge in [0.2, 0.25) is 0 Å². The first-order valence-corrected chi connectivity index (χ1v) is 11.0. The predicted octanol–water partition coefficient (Wildman–Crippen LogP) is 3.33. The van der Waals surface area contributed by atoms with Gasteiger partial charge in [0, 0.05) is 30.9 Å². The lowest BCUT2D eigenvalue weighted by Crippen LogP contribution is -2.38. The van der Waals surface area contributed by atoms with Crippen molar-refractivity contribution < 1.29 is 14.3 Å². The van der Waals surface area contributed by atoms with Crippen LogP contribution in [0.15, 0.2) is 48.1 Å². The number of benzene rings is 1. The highest BCUT2D eigenvalue weighted by molar-refractivity contribution is 7.09. The second kappa shape index (κ2) is 9.58. The fourth-order valence-electron chi connectivity index (χ4n) is 3.41. The molecule has 0 bridgehead atoms. The first-order valence-electron chi connectivity index (χ1n) is 10.1. The van der Waals surface area contributed by atoms with Crippen LogP contribution < -0.4 is 9.64 Å². The number of ether oxygens (including phenoxy) is 1. The van der Waals surface area contributed by atoms with Gasteiger partial charge in [-0.15, -0.1) is 11.3 Å². The molecular formula is C23H21N5O3S. The highest BCUT2D eigenvalue weighted by atomic mass is 32.1. The zero-order chi connectivity index (χ0) is 22.5. The van der Waals surface area contributed by atoms with Crippen LogP contribution in [0, 0.1) is 18.3 Å². The fourth-order valence-corrected chi connectivity index (χ4v) is 4.17. The average Bonchev–Trinajstić information content (AvgIpc) is 3.27. The molecule has 1 aromatic carbocycles. The van der Waals surface area contributed by atoms with E-state index in [2.05, 4.69) is 16.0 Å². The van der Waals surface area contributed by atoms with E-state index in [4.69, 9.17) is 10.00 Å². The predicted molar refractivity (Wildman–Crippen MR) is 119 cm³/mol. The molecule has 3 aromatic rings. The fraction of sp³-hybridized carbons (Fsp3) is 0.261. The van der Waals surface area contributed by atoms with Crippen LogP contribution >= 0.6 is 11.3 Å². The molecule has 4 rings (SSSR count). The number of nitriles is 1. The number of rotatable bonds is 7. The van der Waals surface area contributed by atoms with Gasteiger partial charge in [0.15, 0.2) is 6.61 Å². The number of nitrogens with zero attached hydrogens (tertiary/aromatic N) is 5. The molecule has 32 heavy (non-hydrogen) atoms. The van der Waals surface area contributed by atoms with Gasteiger partial charge in [0.05, 0.1) is 24.7 Å². The summed E-state index contributed by atoms with van der Waals surface area (Å²) < 4.78 is 5.55. The van der Waals surface area contributed by atoms with Gasteiger partial charge >= 0.3 is 0 Å². The van der Waals surface area contributed by atoms with Crippen molar-refractivity contribution >= 4 is 28.8 Å². The van der Waals surface area contributed by atoms with Gasteiger partial charge in [-0.3, -0.25) is 19.5 Å². The van der Waals surface area contributed by atoms with Gasteiger partial charge in [-0.2, -0.15) is 5.26 Å². The van der Waals surface area contributed by atoms with Gasteiger partial charge in [0.25, 0.3) is 11.8 Å². The molecule has 0 aliphatic carbocycles. The van der Waals surface area contributed by atoms with Crippen LogP contribution in [0.1, 0.15) is 33.0 Å². The molecule has 0 saturated carbocycles. The number of anilines is 1. The van der Waals surface area contributed by atoms with E-state index in [9.17, 15) is 9.59 Å². The Balaban J connectivity index is 1.52. The van der Waals surface area contributed by atoms with Crippen molar-refractivity contribution in [2.75, 3.05) is 18.1 Å². The lowest BCUT2D eigenvalue weighted by molar-refractivity contribution is -0.121. The molecule has 162 valence electrons. The summed E-state index contributed by atoms with van der Waals surface area (Å²) in [4.78, 5) is 37.4. The molecule has 0 fully saturated rings. The van der Waals surface area contributed by atoms with Gasteiger partial charge in [-0.05, 0) is 36.2 Å². The maximum absolute atomic E-state index is 13.1. The molecule has 0 radical (unpaired) electrons. The molecule has 0 N–H and O–H groups in total. The van der Waals surface area contributed by atoms with Crippen molar-refractivity contribution in [2.24, 2.45) is 0 Å². The number of fused-ring (bicyclic) bond motifs is 1. The molecule has 1 aliphatic rings. The van der Waals surface area contributed by atoms with Crippen LogP contribution in [-0.4, -0.2) is 39.8 Å². The summed E-state index contributed by atoms with van der Waals surface area (Å²) >= 11 is 1.33. The topological polar surface area (TPSA) is 99.4 Å². The third-order valence-corrected chi connectivity index (χ3v) is 5.83. The summed E-state index contributed by atoms with van der Waals surface area (Å²) in [6.07, 6.45) is 3.59. The Bertz CT molecular complexity index is 1170. The number of carbonyl (C=O) groups excluding carboxylic acids is 2. The number of aryl methyl sites for hydroxylation is 1. The standard InChI is InChI=1S/C23H21N5O3S/c1-16-5-6-19-20(10-16)31-14-22(29)28(19)13-21-26-18(15-32-21)23(30)27(9-3-7-24)12-17-4-2-8-25-11-17/h2,4-6,8,10-11,15H,3,9,12-14H2,1H3. The quantitative estimate of drug-likeness (QED) is 0.551. The zero-order valence-corrected chi connectivity index (χ0v) is 18.3. The maximum atomic E-state index is 13.1. The number of hydrogen-bond acceptors (Lipinski definition) is 7. The van der Waals surface area contributed by atoms with Crippen molar-refractivity contribution in [2.45, 2.75) is 26.4 Å². The van der Waals surface area contributed by atoms with E-state index >= 15 is 0 Å². The Labute approximate surface area is 189 Å². The Kier molecular flexibility index (Phi) is 6.42. The van der Waals surface area contributed by atoms with Crippen LogP contribution in [0.25, 0.3) is 0 Å². The molecule has 3 heterocycles. The summed E-state index contributed by atoms with van der Waals surface area (Å²) in [5.74, 6) is 0.254. The van der Waals surface area contributed by atoms with Crippen LogP contribution in [0.3, 0.4) is 0 Å². The maximum Gasteiger partial charge on any atom is 0.273 e. The minimum absolute atomic E-state index is 0.0271. The summed E-state index contributed by atoms with van der Waals surface area (Å²) in [6.45, 7) is 2.84. The minimum Gasteiger partial charge on any atom is -0.482 e. The summed E-state index contributed by atoms with van der Waals surface area (Å²) in [5, 5.41) is 11.3. The summed E-state index contributed by atoms with van der Waals surface area (Å²) in [7, 11) is 0. The van der Waals surface area contributed by atoms with Crippen molar-refractivity contribution in [3.8, 4) is 11.8 Å². The SMILES string of the molecule is Cc1ccc2c(c1)OCC(=O)N2Cc1nc(C(=O)N(CCC#N)Cc2cccnc2)cs1. The molecule has 0 unspecified atom stereocenters. The van der Waals surface area contributed by atoms with E-state index in [0.29, 0.717) is 35.2 Å². The van der Waals surface area contributed by atoms with E-state index in [1.165, 1.54) is 11.3 Å². The Hall–Kier alpha value is -3.77. The third-order valence-electron chi connectivity index (χ3n) is 5.00. The van der Waals surface area contributed by atoms with Crippen LogP contribution in [0.2, 0.25) is 0 Å². The van der Waals surface area contributed by atoms with E-state index < -0.39 is 0 Å². The van der Waals surface area contributed by atoms with E-state index in [-0.39, 0.29) is 31.4 Å². The molecule has 2 aromatic heterocycles. The van der Waals surface area contributed by atoms with E-state index in [1.807, 2.05) is 37.3 Å². The molecule has 0 spiro atoms. The zero-order valence-electron chi connectivity index (χ0n) is 17.5. The number of hydrogen-bond donors (Lipinski definition) is 0. The number of amides is 2. The van der Waals surface area contributed by atoms with Crippen LogP contribution in [-0.2, 0) is 17.9 Å². The Morgan fingerprint density at radius 3 is 3.03 bits per heavy atom. The highest BCUT2D eigenvalue weighted by Crippen LogP contribution is 2.34. The summed E-state index contributed by atoms with van der Waals surface area (Å²) in [5.41, 5.74) is 2.92. The largest absolute Gasteiger partial charge is 0.482 e. The first kappa shape index (κ1) is 21.5. The molecule has 8 nitrogen and oxygen atoms in total. The van der Waals surface area contributed by atoms with Crippen LogP contribution in [0.5, 0.6) is 5.75 Å². The second-order valence-electron chi connectivity index (χ2n) is 7.36. The minimum atomic E-state index is -0.254. The van der Waals surface area contributed by atoms with E-state index in [1.54, 1.807) is 27.6 Å². The number of aromatic nitrogens is 2.